The lowest BCUT2D eigenvalue weighted by atomic mass is 10.1. The first kappa shape index (κ1) is 18.9. The quantitative estimate of drug-likeness (QED) is 0.650. The SMILES string of the molecule is COc1cccc(C(=O)N2CCCC2c2noc(-c3cccc(F)c3OC)n2)c1. The Morgan fingerprint density at radius 3 is 2.83 bits per heavy atom. The molecule has 0 spiro atoms. The predicted molar refractivity (Wildman–Crippen MR) is 102 cm³/mol. The molecular weight excluding hydrogens is 377 g/mol. The van der Waals surface area contributed by atoms with Crippen LogP contribution in [-0.2, 0) is 0 Å². The van der Waals surface area contributed by atoms with E-state index in [4.69, 9.17) is 14.0 Å². The van der Waals surface area contributed by atoms with Crippen molar-refractivity contribution in [3.8, 4) is 23.0 Å². The molecule has 7 nitrogen and oxygen atoms in total. The lowest BCUT2D eigenvalue weighted by molar-refractivity contribution is 0.0728. The number of carbonyl (C=O) groups is 1. The fourth-order valence-electron chi connectivity index (χ4n) is 3.56. The number of carbonyl (C=O) groups excluding carboxylic acids is 1. The van der Waals surface area contributed by atoms with Crippen LogP contribution < -0.4 is 9.47 Å². The third-order valence-electron chi connectivity index (χ3n) is 4.97. The van der Waals surface area contributed by atoms with Gasteiger partial charge in [0, 0.05) is 12.1 Å². The van der Waals surface area contributed by atoms with E-state index < -0.39 is 5.82 Å². The van der Waals surface area contributed by atoms with E-state index in [1.165, 1.54) is 13.2 Å². The number of ether oxygens (including phenoxy) is 2. The molecule has 2 aromatic carbocycles. The number of likely N-dealkylation sites (tertiary alicyclic amines) is 1. The Labute approximate surface area is 167 Å². The maximum Gasteiger partial charge on any atom is 0.261 e. The fraction of sp³-hybridized carbons (Fsp3) is 0.286. The van der Waals surface area contributed by atoms with Gasteiger partial charge in [-0.1, -0.05) is 17.3 Å². The molecule has 0 saturated carbocycles. The number of para-hydroxylation sites is 1. The number of amides is 1. The molecule has 4 rings (SSSR count). The average molecular weight is 397 g/mol. The van der Waals surface area contributed by atoms with Crippen LogP contribution in [0.2, 0.25) is 0 Å². The normalized spacial score (nSPS) is 16.1. The molecule has 2 heterocycles. The summed E-state index contributed by atoms with van der Waals surface area (Å²) in [7, 11) is 2.94. The van der Waals surface area contributed by atoms with Gasteiger partial charge in [0.2, 0.25) is 0 Å². The molecule has 1 amide bonds. The average Bonchev–Trinajstić information content (AvgIpc) is 3.42. The molecule has 0 N–H and O–H groups in total. The van der Waals surface area contributed by atoms with Crippen LogP contribution >= 0.6 is 0 Å². The molecule has 150 valence electrons. The lowest BCUT2D eigenvalue weighted by Gasteiger charge is -2.22. The van der Waals surface area contributed by atoms with Crippen LogP contribution in [0.5, 0.6) is 11.5 Å². The highest BCUT2D eigenvalue weighted by molar-refractivity contribution is 5.95. The van der Waals surface area contributed by atoms with Gasteiger partial charge >= 0.3 is 0 Å². The number of halogens is 1. The summed E-state index contributed by atoms with van der Waals surface area (Å²) < 4.78 is 29.7. The van der Waals surface area contributed by atoms with Crippen molar-refractivity contribution >= 4 is 5.91 Å². The van der Waals surface area contributed by atoms with Gasteiger partial charge < -0.3 is 18.9 Å². The zero-order valence-electron chi connectivity index (χ0n) is 16.1. The molecule has 0 aliphatic carbocycles. The Bertz CT molecular complexity index is 1040. The Morgan fingerprint density at radius 2 is 2.03 bits per heavy atom. The molecular formula is C21H20FN3O4. The van der Waals surface area contributed by atoms with Gasteiger partial charge in [-0.25, -0.2) is 4.39 Å². The number of hydrogen-bond acceptors (Lipinski definition) is 6. The van der Waals surface area contributed by atoms with E-state index in [1.54, 1.807) is 48.4 Å². The van der Waals surface area contributed by atoms with Crippen LogP contribution in [-0.4, -0.2) is 41.7 Å². The molecule has 1 aromatic heterocycles. The van der Waals surface area contributed by atoms with Crippen LogP contribution in [0.15, 0.2) is 47.0 Å². The molecule has 1 atom stereocenters. The zero-order valence-corrected chi connectivity index (χ0v) is 16.1. The van der Waals surface area contributed by atoms with E-state index in [2.05, 4.69) is 10.1 Å². The first-order valence-corrected chi connectivity index (χ1v) is 9.24. The molecule has 3 aromatic rings. The maximum atomic E-state index is 14.0. The van der Waals surface area contributed by atoms with E-state index in [0.717, 1.165) is 12.8 Å². The molecule has 0 bridgehead atoms. The zero-order chi connectivity index (χ0) is 20.4. The van der Waals surface area contributed by atoms with Gasteiger partial charge in [-0.05, 0) is 43.2 Å². The van der Waals surface area contributed by atoms with Crippen molar-refractivity contribution in [3.63, 3.8) is 0 Å². The summed E-state index contributed by atoms with van der Waals surface area (Å²) in [5.41, 5.74) is 0.904. The first-order valence-electron chi connectivity index (χ1n) is 9.24. The van der Waals surface area contributed by atoms with Gasteiger partial charge in [-0.15, -0.1) is 0 Å². The standard InChI is InChI=1S/C21H20FN3O4/c1-27-14-7-3-6-13(12-14)21(26)25-11-5-10-17(25)19-23-20(29-24-19)15-8-4-9-16(22)18(15)28-2/h3-4,6-9,12,17H,5,10-11H2,1-2H3. The number of benzene rings is 2. The van der Waals surface area contributed by atoms with Gasteiger partial charge in [-0.3, -0.25) is 4.79 Å². The minimum absolute atomic E-state index is 0.0402. The highest BCUT2D eigenvalue weighted by Gasteiger charge is 2.34. The maximum absolute atomic E-state index is 14.0. The third-order valence-corrected chi connectivity index (χ3v) is 4.97. The molecule has 0 radical (unpaired) electrons. The van der Waals surface area contributed by atoms with Crippen LogP contribution in [0.25, 0.3) is 11.5 Å². The number of rotatable bonds is 5. The van der Waals surface area contributed by atoms with Gasteiger partial charge in [0.25, 0.3) is 11.8 Å². The van der Waals surface area contributed by atoms with Crippen molar-refractivity contribution in [2.45, 2.75) is 18.9 Å². The minimum atomic E-state index is -0.513. The third kappa shape index (κ3) is 3.53. The molecule has 29 heavy (non-hydrogen) atoms. The Morgan fingerprint density at radius 1 is 1.21 bits per heavy atom. The molecule has 1 aliphatic heterocycles. The highest BCUT2D eigenvalue weighted by atomic mass is 19.1. The van der Waals surface area contributed by atoms with Crippen molar-refractivity contribution < 1.29 is 23.2 Å². The Hall–Kier alpha value is -3.42. The molecule has 1 fully saturated rings. The predicted octanol–water partition coefficient (Wildman–Crippen LogP) is 3.87. The molecule has 1 aliphatic rings. The fourth-order valence-corrected chi connectivity index (χ4v) is 3.56. The van der Waals surface area contributed by atoms with Gasteiger partial charge in [0.15, 0.2) is 17.4 Å². The molecule has 1 saturated heterocycles. The van der Waals surface area contributed by atoms with E-state index >= 15 is 0 Å². The monoisotopic (exact) mass is 397 g/mol. The number of methoxy groups -OCH3 is 2. The van der Waals surface area contributed by atoms with Gasteiger partial charge in [-0.2, -0.15) is 4.98 Å². The summed E-state index contributed by atoms with van der Waals surface area (Å²) in [4.78, 5) is 19.2. The van der Waals surface area contributed by atoms with Crippen molar-refractivity contribution in [1.29, 1.82) is 0 Å². The van der Waals surface area contributed by atoms with Crippen molar-refractivity contribution in [2.24, 2.45) is 0 Å². The van der Waals surface area contributed by atoms with Crippen LogP contribution in [0.4, 0.5) is 4.39 Å². The Kier molecular flexibility index (Phi) is 5.16. The summed E-state index contributed by atoms with van der Waals surface area (Å²) in [6.45, 7) is 0.591. The largest absolute Gasteiger partial charge is 0.497 e. The first-order chi connectivity index (χ1) is 14.1. The van der Waals surface area contributed by atoms with E-state index in [9.17, 15) is 9.18 Å². The van der Waals surface area contributed by atoms with Crippen LogP contribution in [0.3, 0.4) is 0 Å². The van der Waals surface area contributed by atoms with Crippen molar-refractivity contribution in [2.75, 3.05) is 20.8 Å². The van der Waals surface area contributed by atoms with E-state index in [1.807, 2.05) is 0 Å². The summed E-state index contributed by atoms with van der Waals surface area (Å²) in [5.74, 6) is 0.559. The van der Waals surface area contributed by atoms with Gasteiger partial charge in [0.1, 0.15) is 5.75 Å². The molecule has 8 heteroatoms. The number of hydrogen-bond donors (Lipinski definition) is 0. The van der Waals surface area contributed by atoms with Crippen LogP contribution in [0, 0.1) is 5.82 Å². The number of nitrogens with zero attached hydrogens (tertiary/aromatic N) is 3. The highest BCUT2D eigenvalue weighted by Crippen LogP contribution is 2.35. The van der Waals surface area contributed by atoms with Crippen LogP contribution in [0.1, 0.15) is 35.1 Å². The Balaban J connectivity index is 1.62. The van der Waals surface area contributed by atoms with Crippen molar-refractivity contribution in [1.82, 2.24) is 15.0 Å². The van der Waals surface area contributed by atoms with E-state index in [0.29, 0.717) is 29.2 Å². The topological polar surface area (TPSA) is 77.7 Å². The summed E-state index contributed by atoms with van der Waals surface area (Å²) in [5, 5.41) is 4.06. The summed E-state index contributed by atoms with van der Waals surface area (Å²) in [6.07, 6.45) is 1.54. The van der Waals surface area contributed by atoms with E-state index in [-0.39, 0.29) is 23.6 Å². The van der Waals surface area contributed by atoms with Crippen molar-refractivity contribution in [3.05, 3.63) is 59.7 Å². The second-order valence-electron chi connectivity index (χ2n) is 6.67. The number of aromatic nitrogens is 2. The van der Waals surface area contributed by atoms with Gasteiger partial charge in [0.05, 0.1) is 25.8 Å². The minimum Gasteiger partial charge on any atom is -0.497 e. The summed E-state index contributed by atoms with van der Waals surface area (Å²) >= 11 is 0. The second kappa shape index (κ2) is 7.90. The smallest absolute Gasteiger partial charge is 0.261 e. The summed E-state index contributed by atoms with van der Waals surface area (Å²) in [6, 6.07) is 11.2. The lowest BCUT2D eigenvalue weighted by Crippen LogP contribution is -2.31. The second-order valence-corrected chi connectivity index (χ2v) is 6.67. The molecule has 1 unspecified atom stereocenters.